The van der Waals surface area contributed by atoms with Crippen LogP contribution in [0.4, 0.5) is 0 Å². The Balaban J connectivity index is 1.56. The number of methoxy groups -OCH3 is 1. The van der Waals surface area contributed by atoms with Crippen LogP contribution < -0.4 is 0 Å². The third-order valence-corrected chi connectivity index (χ3v) is 8.76. The number of ether oxygens (including phenoxy) is 3. The molecule has 7 nitrogen and oxygen atoms in total. The SMILES string of the molecule is CO[C@@H]1c2cc3c(nc2[C@@]2(C)OC(=O)C[C@H]2C1(C)C)CC[C@]1(C)C3=CC(=O)O[C@H]1c1ccoc1. The van der Waals surface area contributed by atoms with Crippen LogP contribution in [-0.2, 0) is 35.8 Å². The molecule has 1 saturated heterocycles. The maximum atomic E-state index is 12.7. The van der Waals surface area contributed by atoms with Crippen molar-refractivity contribution < 1.29 is 28.2 Å². The van der Waals surface area contributed by atoms with Crippen molar-refractivity contribution in [2.45, 2.75) is 64.8 Å². The second-order valence-corrected chi connectivity index (χ2v) is 11.0. The predicted molar refractivity (Wildman–Crippen MR) is 121 cm³/mol. The number of pyridine rings is 1. The molecule has 0 unspecified atom stereocenters. The van der Waals surface area contributed by atoms with E-state index in [-0.39, 0.29) is 29.4 Å². The van der Waals surface area contributed by atoms with Crippen molar-refractivity contribution in [2.24, 2.45) is 16.7 Å². The zero-order chi connectivity index (χ0) is 24.0. The number of hydrogen-bond acceptors (Lipinski definition) is 7. The summed E-state index contributed by atoms with van der Waals surface area (Å²) in [6.45, 7) is 8.38. The fourth-order valence-electron chi connectivity index (χ4n) is 7.09. The summed E-state index contributed by atoms with van der Waals surface area (Å²) in [6, 6.07) is 3.97. The first-order valence-corrected chi connectivity index (χ1v) is 11.8. The average molecular weight is 464 g/mol. The molecule has 178 valence electrons. The zero-order valence-electron chi connectivity index (χ0n) is 20.1. The van der Waals surface area contributed by atoms with Gasteiger partial charge in [-0.25, -0.2) is 4.79 Å². The second-order valence-electron chi connectivity index (χ2n) is 11.0. The molecule has 6 rings (SSSR count). The highest BCUT2D eigenvalue weighted by molar-refractivity contribution is 5.96. The summed E-state index contributed by atoms with van der Waals surface area (Å²) < 4.78 is 23.1. The molecule has 2 aliphatic carbocycles. The molecule has 0 amide bonds. The molecule has 0 spiro atoms. The minimum absolute atomic E-state index is 0.0429. The van der Waals surface area contributed by atoms with Gasteiger partial charge in [0.15, 0.2) is 5.60 Å². The Morgan fingerprint density at radius 2 is 1.97 bits per heavy atom. The first-order chi connectivity index (χ1) is 16.1. The summed E-state index contributed by atoms with van der Waals surface area (Å²) in [7, 11) is 1.70. The van der Waals surface area contributed by atoms with Crippen molar-refractivity contribution in [3.05, 3.63) is 58.8 Å². The quantitative estimate of drug-likeness (QED) is 0.590. The van der Waals surface area contributed by atoms with Gasteiger partial charge in [0.2, 0.25) is 0 Å². The minimum atomic E-state index is -0.806. The van der Waals surface area contributed by atoms with E-state index in [1.54, 1.807) is 25.7 Å². The van der Waals surface area contributed by atoms with Crippen molar-refractivity contribution in [2.75, 3.05) is 7.11 Å². The number of hydrogen-bond donors (Lipinski definition) is 0. The maximum Gasteiger partial charge on any atom is 0.331 e. The molecule has 2 aromatic heterocycles. The Hall–Kier alpha value is -2.93. The van der Waals surface area contributed by atoms with Gasteiger partial charge >= 0.3 is 11.9 Å². The third kappa shape index (κ3) is 2.64. The molecular weight excluding hydrogens is 434 g/mol. The number of aromatic nitrogens is 1. The lowest BCUT2D eigenvalue weighted by Gasteiger charge is -2.50. The van der Waals surface area contributed by atoms with E-state index in [1.165, 1.54) is 0 Å². The highest BCUT2D eigenvalue weighted by Crippen LogP contribution is 2.62. The lowest BCUT2D eigenvalue weighted by atomic mass is 9.58. The van der Waals surface area contributed by atoms with Gasteiger partial charge in [0.1, 0.15) is 6.10 Å². The van der Waals surface area contributed by atoms with Gasteiger partial charge in [0.25, 0.3) is 0 Å². The van der Waals surface area contributed by atoms with Crippen LogP contribution in [0.15, 0.2) is 35.2 Å². The van der Waals surface area contributed by atoms with Gasteiger partial charge in [-0.1, -0.05) is 20.8 Å². The molecule has 2 aromatic rings. The van der Waals surface area contributed by atoms with E-state index in [0.29, 0.717) is 6.42 Å². The molecule has 7 heteroatoms. The molecule has 1 fully saturated rings. The Kier molecular flexibility index (Phi) is 4.33. The summed E-state index contributed by atoms with van der Waals surface area (Å²) in [4.78, 5) is 30.3. The summed E-state index contributed by atoms with van der Waals surface area (Å²) in [5.74, 6) is -0.612. The van der Waals surface area contributed by atoms with Crippen LogP contribution in [0, 0.1) is 16.7 Å². The van der Waals surface area contributed by atoms with Gasteiger partial charge in [-0.3, -0.25) is 9.78 Å². The number of aryl methyl sites for hydroxylation is 1. The van der Waals surface area contributed by atoms with Crippen LogP contribution in [-0.4, -0.2) is 24.0 Å². The topological polar surface area (TPSA) is 87.9 Å². The van der Waals surface area contributed by atoms with Crippen molar-refractivity contribution >= 4 is 17.5 Å². The van der Waals surface area contributed by atoms with Crippen LogP contribution in [0.2, 0.25) is 0 Å². The van der Waals surface area contributed by atoms with Crippen molar-refractivity contribution in [3.8, 4) is 0 Å². The van der Waals surface area contributed by atoms with E-state index < -0.39 is 17.1 Å². The summed E-state index contributed by atoms with van der Waals surface area (Å²) in [6.07, 6.45) is 5.99. The maximum absolute atomic E-state index is 12.7. The number of esters is 2. The number of fused-ring (bicyclic) bond motifs is 6. The zero-order valence-corrected chi connectivity index (χ0v) is 20.1. The lowest BCUT2D eigenvalue weighted by Crippen LogP contribution is -2.48. The Morgan fingerprint density at radius 3 is 2.68 bits per heavy atom. The number of carbonyl (C=O) groups excluding carboxylic acids is 2. The molecular formula is C27H29NO6. The number of nitrogens with zero attached hydrogens (tertiary/aromatic N) is 1. The average Bonchev–Trinajstić information content (AvgIpc) is 3.42. The van der Waals surface area contributed by atoms with E-state index in [4.69, 9.17) is 23.6 Å². The number of furan rings is 1. The second kappa shape index (κ2) is 6.81. The van der Waals surface area contributed by atoms with Crippen LogP contribution in [0.1, 0.15) is 80.8 Å². The fraction of sp³-hybridized carbons (Fsp3) is 0.519. The molecule has 0 N–H and O–H groups in total. The van der Waals surface area contributed by atoms with E-state index in [0.717, 1.165) is 46.5 Å². The molecule has 4 aliphatic rings. The molecule has 0 aromatic carbocycles. The molecule has 0 saturated carbocycles. The van der Waals surface area contributed by atoms with E-state index in [2.05, 4.69) is 26.8 Å². The first-order valence-electron chi connectivity index (χ1n) is 11.8. The predicted octanol–water partition coefficient (Wildman–Crippen LogP) is 4.81. The highest BCUT2D eigenvalue weighted by atomic mass is 16.6. The number of rotatable bonds is 2. The number of cyclic esters (lactones) is 1. The first kappa shape index (κ1) is 21.6. The molecule has 4 heterocycles. The monoisotopic (exact) mass is 463 g/mol. The fourth-order valence-corrected chi connectivity index (χ4v) is 7.09. The molecule has 2 aliphatic heterocycles. The largest absolute Gasteiger partial charge is 0.472 e. The van der Waals surface area contributed by atoms with Gasteiger partial charge in [-0.05, 0) is 37.5 Å². The Labute approximate surface area is 198 Å². The van der Waals surface area contributed by atoms with E-state index in [1.807, 2.05) is 13.0 Å². The molecule has 5 atom stereocenters. The smallest absolute Gasteiger partial charge is 0.331 e. The normalized spacial score (nSPS) is 35.3. The minimum Gasteiger partial charge on any atom is -0.472 e. The van der Waals surface area contributed by atoms with Crippen LogP contribution in [0.5, 0.6) is 0 Å². The van der Waals surface area contributed by atoms with Gasteiger partial charge in [0, 0.05) is 52.3 Å². The summed E-state index contributed by atoms with van der Waals surface area (Å²) >= 11 is 0. The van der Waals surface area contributed by atoms with Crippen molar-refractivity contribution in [1.29, 1.82) is 0 Å². The molecule has 0 radical (unpaired) electrons. The highest BCUT2D eigenvalue weighted by Gasteiger charge is 2.62. The summed E-state index contributed by atoms with van der Waals surface area (Å²) in [5.41, 5.74) is 3.76. The standard InChI is InChI=1S/C27H29NO6/c1-25(2)19-12-21(30)34-27(19,4)22-16(24(25)31-5)10-15-17-11-20(29)33-23(14-7-9-32-13-14)26(17,3)8-6-18(15)28-22/h7,9-11,13,19,23-24H,6,8,12H2,1-5H3/t19-,23-,24+,26+,27-/m0/s1. The van der Waals surface area contributed by atoms with E-state index in [9.17, 15) is 9.59 Å². The van der Waals surface area contributed by atoms with E-state index >= 15 is 0 Å². The van der Waals surface area contributed by atoms with Gasteiger partial charge in [0.05, 0.1) is 30.7 Å². The van der Waals surface area contributed by atoms with Gasteiger partial charge in [-0.2, -0.15) is 0 Å². The number of carbonyl (C=O) groups is 2. The third-order valence-electron chi connectivity index (χ3n) is 8.76. The molecule has 0 bridgehead atoms. The molecule has 34 heavy (non-hydrogen) atoms. The summed E-state index contributed by atoms with van der Waals surface area (Å²) in [5, 5.41) is 0. The van der Waals surface area contributed by atoms with Crippen LogP contribution in [0.25, 0.3) is 5.57 Å². The van der Waals surface area contributed by atoms with Crippen LogP contribution in [0.3, 0.4) is 0 Å². The lowest BCUT2D eigenvalue weighted by molar-refractivity contribution is -0.156. The Morgan fingerprint density at radius 1 is 1.18 bits per heavy atom. The van der Waals surface area contributed by atoms with Crippen molar-refractivity contribution in [1.82, 2.24) is 4.98 Å². The van der Waals surface area contributed by atoms with Crippen molar-refractivity contribution in [3.63, 3.8) is 0 Å². The van der Waals surface area contributed by atoms with Gasteiger partial charge < -0.3 is 18.6 Å². The Bertz CT molecular complexity index is 1240. The van der Waals surface area contributed by atoms with Crippen LogP contribution >= 0.6 is 0 Å². The van der Waals surface area contributed by atoms with Gasteiger partial charge in [-0.15, -0.1) is 0 Å².